The number of pyridine rings is 1. The van der Waals surface area contributed by atoms with Crippen molar-refractivity contribution >= 4 is 5.69 Å². The van der Waals surface area contributed by atoms with Crippen LogP contribution in [0.1, 0.15) is 11.1 Å². The van der Waals surface area contributed by atoms with Gasteiger partial charge in [-0.1, -0.05) is 59.7 Å². The van der Waals surface area contributed by atoms with Crippen LogP contribution in [-0.4, -0.2) is 9.91 Å². The Bertz CT molecular complexity index is 1100. The smallest absolute Gasteiger partial charge is 0.258 e. The number of rotatable bonds is 4. The minimum Gasteiger partial charge on any atom is -0.258 e. The third-order valence-corrected chi connectivity index (χ3v) is 4.93. The normalized spacial score (nSPS) is 10.7. The lowest BCUT2D eigenvalue weighted by atomic mass is 9.99. The average Bonchev–Trinajstić information content (AvgIpc) is 2.74. The average molecular weight is 380 g/mol. The number of hydrogen-bond acceptors (Lipinski definition) is 3. The number of aryl methyl sites for hydroxylation is 2. The van der Waals surface area contributed by atoms with Gasteiger partial charge in [0, 0.05) is 23.3 Å². The monoisotopic (exact) mass is 380 g/mol. The van der Waals surface area contributed by atoms with Crippen LogP contribution in [-0.2, 0) is 0 Å². The highest BCUT2D eigenvalue weighted by molar-refractivity contribution is 5.77. The molecule has 0 unspecified atom stereocenters. The zero-order valence-electron chi connectivity index (χ0n) is 16.3. The van der Waals surface area contributed by atoms with E-state index < -0.39 is 4.92 Å². The predicted molar refractivity (Wildman–Crippen MR) is 117 cm³/mol. The first-order chi connectivity index (χ1) is 14.0. The largest absolute Gasteiger partial charge is 0.269 e. The van der Waals surface area contributed by atoms with E-state index in [2.05, 4.69) is 68.4 Å². The van der Waals surface area contributed by atoms with Gasteiger partial charge < -0.3 is 0 Å². The van der Waals surface area contributed by atoms with Crippen molar-refractivity contribution in [3.8, 4) is 33.6 Å². The zero-order chi connectivity index (χ0) is 20.4. The van der Waals surface area contributed by atoms with E-state index in [1.54, 1.807) is 12.1 Å². The van der Waals surface area contributed by atoms with Crippen molar-refractivity contribution in [2.24, 2.45) is 0 Å². The Morgan fingerprint density at radius 2 is 1.03 bits per heavy atom. The number of aromatic nitrogens is 1. The van der Waals surface area contributed by atoms with Gasteiger partial charge in [-0.3, -0.25) is 10.1 Å². The van der Waals surface area contributed by atoms with Gasteiger partial charge in [-0.25, -0.2) is 4.98 Å². The van der Waals surface area contributed by atoms with Crippen LogP contribution in [0.2, 0.25) is 0 Å². The Kier molecular flexibility index (Phi) is 4.92. The lowest BCUT2D eigenvalue weighted by Gasteiger charge is -2.11. The molecule has 3 aromatic carbocycles. The van der Waals surface area contributed by atoms with E-state index >= 15 is 0 Å². The Balaban J connectivity index is 1.86. The molecule has 0 aliphatic rings. The molecular weight excluding hydrogens is 360 g/mol. The molecule has 0 spiro atoms. The van der Waals surface area contributed by atoms with Crippen molar-refractivity contribution in [2.75, 3.05) is 0 Å². The van der Waals surface area contributed by atoms with Gasteiger partial charge in [0.2, 0.25) is 0 Å². The third-order valence-electron chi connectivity index (χ3n) is 4.93. The number of hydrogen-bond donors (Lipinski definition) is 0. The van der Waals surface area contributed by atoms with E-state index in [0.29, 0.717) is 0 Å². The van der Waals surface area contributed by atoms with Gasteiger partial charge in [0.25, 0.3) is 5.69 Å². The first-order valence-electron chi connectivity index (χ1n) is 9.40. The van der Waals surface area contributed by atoms with Crippen molar-refractivity contribution in [3.05, 3.63) is 106 Å². The van der Waals surface area contributed by atoms with Crippen molar-refractivity contribution in [1.29, 1.82) is 0 Å². The van der Waals surface area contributed by atoms with Gasteiger partial charge in [-0.05, 0) is 49.2 Å². The van der Waals surface area contributed by atoms with Crippen LogP contribution in [0.15, 0.2) is 84.9 Å². The number of nitro groups is 1. The molecule has 0 saturated heterocycles. The molecule has 0 amide bonds. The highest BCUT2D eigenvalue weighted by Crippen LogP contribution is 2.31. The lowest BCUT2D eigenvalue weighted by Crippen LogP contribution is -1.92. The van der Waals surface area contributed by atoms with Crippen LogP contribution in [0.4, 0.5) is 5.69 Å². The topological polar surface area (TPSA) is 56.0 Å². The van der Waals surface area contributed by atoms with Gasteiger partial charge in [0.05, 0.1) is 16.3 Å². The standard InChI is InChI=1S/C25H20N2O2/c1-17-3-7-19(8-4-17)22-15-24(20-9-5-18(2)6-10-20)26-25(16-22)21-11-13-23(14-12-21)27(28)29/h3-16H,1-2H3. The van der Waals surface area contributed by atoms with Gasteiger partial charge in [0.15, 0.2) is 0 Å². The van der Waals surface area contributed by atoms with Crippen LogP contribution in [0.3, 0.4) is 0 Å². The van der Waals surface area contributed by atoms with E-state index in [1.807, 2.05) is 6.07 Å². The maximum absolute atomic E-state index is 11.0. The molecule has 0 aliphatic heterocycles. The summed E-state index contributed by atoms with van der Waals surface area (Å²) < 4.78 is 0. The van der Waals surface area contributed by atoms with Gasteiger partial charge in [-0.15, -0.1) is 0 Å². The molecule has 142 valence electrons. The molecule has 0 atom stereocenters. The Labute approximate surface area is 169 Å². The van der Waals surface area contributed by atoms with E-state index in [9.17, 15) is 10.1 Å². The quantitative estimate of drug-likeness (QED) is 0.296. The maximum atomic E-state index is 11.0. The summed E-state index contributed by atoms with van der Waals surface area (Å²) in [6.07, 6.45) is 0. The molecule has 4 heteroatoms. The van der Waals surface area contributed by atoms with Crippen LogP contribution >= 0.6 is 0 Å². The molecular formula is C25H20N2O2. The Morgan fingerprint density at radius 3 is 1.48 bits per heavy atom. The van der Waals surface area contributed by atoms with E-state index in [4.69, 9.17) is 4.98 Å². The molecule has 4 nitrogen and oxygen atoms in total. The molecule has 1 heterocycles. The number of non-ortho nitro benzene ring substituents is 1. The maximum Gasteiger partial charge on any atom is 0.269 e. The molecule has 29 heavy (non-hydrogen) atoms. The molecule has 4 rings (SSSR count). The van der Waals surface area contributed by atoms with Gasteiger partial charge >= 0.3 is 0 Å². The molecule has 0 radical (unpaired) electrons. The number of nitro benzene ring substituents is 1. The highest BCUT2D eigenvalue weighted by Gasteiger charge is 2.11. The zero-order valence-corrected chi connectivity index (χ0v) is 16.3. The summed E-state index contributed by atoms with van der Waals surface area (Å²) in [5, 5.41) is 11.0. The predicted octanol–water partition coefficient (Wildman–Crippen LogP) is 6.61. The minimum atomic E-state index is -0.391. The molecule has 0 N–H and O–H groups in total. The molecule has 1 aromatic heterocycles. The third kappa shape index (κ3) is 4.06. The first kappa shape index (κ1) is 18.6. The van der Waals surface area contributed by atoms with Crippen molar-refractivity contribution in [2.45, 2.75) is 13.8 Å². The molecule has 0 saturated carbocycles. The number of benzene rings is 3. The molecule has 0 bridgehead atoms. The second-order valence-corrected chi connectivity index (χ2v) is 7.16. The van der Waals surface area contributed by atoms with Crippen molar-refractivity contribution in [1.82, 2.24) is 4.98 Å². The van der Waals surface area contributed by atoms with E-state index in [-0.39, 0.29) is 5.69 Å². The van der Waals surface area contributed by atoms with Gasteiger partial charge in [-0.2, -0.15) is 0 Å². The SMILES string of the molecule is Cc1ccc(-c2cc(-c3ccc(C)cc3)nc(-c3ccc([N+](=O)[O-])cc3)c2)cc1. The summed E-state index contributed by atoms with van der Waals surface area (Å²) in [6, 6.07) is 27.3. The minimum absolute atomic E-state index is 0.0715. The Morgan fingerprint density at radius 1 is 0.621 bits per heavy atom. The van der Waals surface area contributed by atoms with Crippen LogP contribution < -0.4 is 0 Å². The summed E-state index contributed by atoms with van der Waals surface area (Å²) in [7, 11) is 0. The summed E-state index contributed by atoms with van der Waals surface area (Å²) >= 11 is 0. The lowest BCUT2D eigenvalue weighted by molar-refractivity contribution is -0.384. The molecule has 4 aromatic rings. The number of nitrogens with zero attached hydrogens (tertiary/aromatic N) is 2. The molecule has 0 fully saturated rings. The van der Waals surface area contributed by atoms with E-state index in [0.717, 1.165) is 33.6 Å². The van der Waals surface area contributed by atoms with Gasteiger partial charge in [0.1, 0.15) is 0 Å². The second-order valence-electron chi connectivity index (χ2n) is 7.16. The van der Waals surface area contributed by atoms with Crippen LogP contribution in [0, 0.1) is 24.0 Å². The fraction of sp³-hybridized carbons (Fsp3) is 0.0800. The summed E-state index contributed by atoms with van der Waals surface area (Å²) in [5.41, 5.74) is 8.17. The first-order valence-corrected chi connectivity index (χ1v) is 9.40. The highest BCUT2D eigenvalue weighted by atomic mass is 16.6. The van der Waals surface area contributed by atoms with Crippen molar-refractivity contribution < 1.29 is 4.92 Å². The second kappa shape index (κ2) is 7.68. The fourth-order valence-electron chi connectivity index (χ4n) is 3.22. The fourth-order valence-corrected chi connectivity index (χ4v) is 3.22. The Hall–Kier alpha value is -3.79. The summed E-state index contributed by atoms with van der Waals surface area (Å²) in [4.78, 5) is 15.4. The summed E-state index contributed by atoms with van der Waals surface area (Å²) in [6.45, 7) is 4.12. The van der Waals surface area contributed by atoms with Crippen LogP contribution in [0.5, 0.6) is 0 Å². The summed E-state index contributed by atoms with van der Waals surface area (Å²) in [5.74, 6) is 0. The van der Waals surface area contributed by atoms with Crippen LogP contribution in [0.25, 0.3) is 33.6 Å². The molecule has 0 aliphatic carbocycles. The van der Waals surface area contributed by atoms with E-state index in [1.165, 1.54) is 23.3 Å². The van der Waals surface area contributed by atoms with Crippen molar-refractivity contribution in [3.63, 3.8) is 0 Å².